The van der Waals surface area contributed by atoms with Crippen molar-refractivity contribution >= 4 is 21.7 Å². The molecular weight excluding hydrogens is 358 g/mol. The summed E-state index contributed by atoms with van der Waals surface area (Å²) in [6.07, 6.45) is 1.78. The van der Waals surface area contributed by atoms with Gasteiger partial charge in [-0.05, 0) is 39.2 Å². The van der Waals surface area contributed by atoms with E-state index >= 15 is 0 Å². The lowest BCUT2D eigenvalue weighted by atomic mass is 10.0. The number of aliphatic hydroxyl groups excluding tert-OH is 1. The predicted molar refractivity (Wildman–Crippen MR) is 89.9 cm³/mol. The molecule has 0 fully saturated rings. The van der Waals surface area contributed by atoms with Gasteiger partial charge in [0, 0.05) is 30.2 Å². The zero-order valence-corrected chi connectivity index (χ0v) is 14.0. The molecule has 2 N–H and O–H groups in total. The number of hydrogen-bond acceptors (Lipinski definition) is 5. The molecule has 0 aliphatic rings. The number of ketones is 1. The maximum absolute atomic E-state index is 12.3. The molecule has 1 aromatic carbocycles. The number of nitrogens with one attached hydrogen (secondary N) is 1. The molecule has 0 saturated heterocycles. The van der Waals surface area contributed by atoms with Crippen LogP contribution in [0, 0.1) is 11.3 Å². The molecule has 2 aromatic rings. The molecular formula is C17H16BrN3O2. The van der Waals surface area contributed by atoms with Crippen LogP contribution in [-0.2, 0) is 13.0 Å². The molecule has 0 unspecified atom stereocenters. The van der Waals surface area contributed by atoms with Crippen molar-refractivity contribution in [2.24, 2.45) is 0 Å². The minimum Gasteiger partial charge on any atom is -0.395 e. The van der Waals surface area contributed by atoms with Gasteiger partial charge in [0.1, 0.15) is 11.8 Å². The van der Waals surface area contributed by atoms with E-state index < -0.39 is 0 Å². The maximum Gasteiger partial charge on any atom is 0.185 e. The number of aliphatic hydroxyl groups is 1. The van der Waals surface area contributed by atoms with Crippen molar-refractivity contribution in [3.05, 3.63) is 63.4 Å². The van der Waals surface area contributed by atoms with E-state index in [4.69, 9.17) is 5.11 Å². The number of pyridine rings is 1. The third-order valence-corrected chi connectivity index (χ3v) is 3.95. The average molecular weight is 374 g/mol. The zero-order valence-electron chi connectivity index (χ0n) is 12.4. The molecule has 1 aromatic heterocycles. The summed E-state index contributed by atoms with van der Waals surface area (Å²) in [7, 11) is 0. The molecule has 0 radical (unpaired) electrons. The van der Waals surface area contributed by atoms with Gasteiger partial charge in [0.2, 0.25) is 0 Å². The average Bonchev–Trinajstić information content (AvgIpc) is 2.56. The van der Waals surface area contributed by atoms with Crippen molar-refractivity contribution < 1.29 is 9.90 Å². The molecule has 0 aliphatic heterocycles. The summed E-state index contributed by atoms with van der Waals surface area (Å²) < 4.78 is 0.684. The Kier molecular flexibility index (Phi) is 6.41. The van der Waals surface area contributed by atoms with Crippen LogP contribution < -0.4 is 5.32 Å². The number of nitriles is 1. The van der Waals surface area contributed by atoms with Crippen LogP contribution in [0.25, 0.3) is 0 Å². The Labute approximate surface area is 143 Å². The van der Waals surface area contributed by atoms with Crippen molar-refractivity contribution in [2.75, 3.05) is 13.2 Å². The highest BCUT2D eigenvalue weighted by molar-refractivity contribution is 9.10. The molecule has 1 heterocycles. The van der Waals surface area contributed by atoms with E-state index in [0.29, 0.717) is 34.4 Å². The molecule has 23 heavy (non-hydrogen) atoms. The number of halogens is 1. The standard InChI is InChI=1S/C17H16BrN3O2/c18-15-3-1-2-13(14(15)9-19)8-17(23)16-5-4-12(11-21-16)10-20-6-7-22/h1-5,11,20,22H,6-8,10H2. The van der Waals surface area contributed by atoms with Gasteiger partial charge in [-0.15, -0.1) is 0 Å². The van der Waals surface area contributed by atoms with Gasteiger partial charge >= 0.3 is 0 Å². The fraction of sp³-hybridized carbons (Fsp3) is 0.235. The molecule has 0 saturated carbocycles. The Balaban J connectivity index is 2.07. The van der Waals surface area contributed by atoms with Gasteiger partial charge in [0.15, 0.2) is 5.78 Å². The Morgan fingerprint density at radius 2 is 2.17 bits per heavy atom. The quantitative estimate of drug-likeness (QED) is 0.573. The summed E-state index contributed by atoms with van der Waals surface area (Å²) >= 11 is 3.32. The van der Waals surface area contributed by atoms with Crippen LogP contribution >= 0.6 is 15.9 Å². The second-order valence-electron chi connectivity index (χ2n) is 4.94. The van der Waals surface area contributed by atoms with Crippen LogP contribution in [0.15, 0.2) is 41.0 Å². The van der Waals surface area contributed by atoms with Crippen LogP contribution in [-0.4, -0.2) is 29.0 Å². The largest absolute Gasteiger partial charge is 0.395 e. The number of aromatic nitrogens is 1. The van der Waals surface area contributed by atoms with E-state index in [-0.39, 0.29) is 18.8 Å². The second kappa shape index (κ2) is 8.53. The number of rotatable bonds is 7. The summed E-state index contributed by atoms with van der Waals surface area (Å²) in [5.41, 5.74) is 2.47. The highest BCUT2D eigenvalue weighted by Gasteiger charge is 2.13. The van der Waals surface area contributed by atoms with Crippen molar-refractivity contribution in [1.29, 1.82) is 5.26 Å². The summed E-state index contributed by atoms with van der Waals surface area (Å²) in [5, 5.41) is 20.9. The lowest BCUT2D eigenvalue weighted by Gasteiger charge is -2.06. The Hall–Kier alpha value is -2.07. The summed E-state index contributed by atoms with van der Waals surface area (Å²) in [6.45, 7) is 1.19. The number of carbonyl (C=O) groups excluding carboxylic acids is 1. The minimum atomic E-state index is -0.130. The van der Waals surface area contributed by atoms with E-state index in [9.17, 15) is 10.1 Å². The Morgan fingerprint density at radius 1 is 1.35 bits per heavy atom. The fourth-order valence-corrected chi connectivity index (χ4v) is 2.61. The molecule has 0 atom stereocenters. The van der Waals surface area contributed by atoms with Crippen LogP contribution in [0.5, 0.6) is 0 Å². The second-order valence-corrected chi connectivity index (χ2v) is 5.79. The van der Waals surface area contributed by atoms with Gasteiger partial charge in [-0.1, -0.05) is 18.2 Å². The van der Waals surface area contributed by atoms with E-state index in [1.165, 1.54) is 0 Å². The number of nitrogens with zero attached hydrogens (tertiary/aromatic N) is 2. The lowest BCUT2D eigenvalue weighted by molar-refractivity contribution is 0.0988. The fourth-order valence-electron chi connectivity index (χ4n) is 2.11. The lowest BCUT2D eigenvalue weighted by Crippen LogP contribution is -2.17. The van der Waals surface area contributed by atoms with E-state index in [2.05, 4.69) is 32.3 Å². The van der Waals surface area contributed by atoms with Crippen molar-refractivity contribution in [2.45, 2.75) is 13.0 Å². The zero-order chi connectivity index (χ0) is 16.7. The van der Waals surface area contributed by atoms with E-state index in [1.807, 2.05) is 6.07 Å². The minimum absolute atomic E-state index is 0.0812. The molecule has 0 spiro atoms. The van der Waals surface area contributed by atoms with E-state index in [1.54, 1.807) is 30.5 Å². The first-order chi connectivity index (χ1) is 11.2. The maximum atomic E-state index is 12.3. The van der Waals surface area contributed by atoms with Crippen molar-refractivity contribution in [1.82, 2.24) is 10.3 Å². The number of hydrogen-bond donors (Lipinski definition) is 2. The summed E-state index contributed by atoms with van der Waals surface area (Å²) in [5.74, 6) is -0.130. The molecule has 2 rings (SSSR count). The number of benzene rings is 1. The number of Topliss-reactive ketones (excluding diaryl/α,β-unsaturated/α-hetero) is 1. The van der Waals surface area contributed by atoms with Gasteiger partial charge in [-0.3, -0.25) is 9.78 Å². The topological polar surface area (TPSA) is 86.0 Å². The summed E-state index contributed by atoms with van der Waals surface area (Å²) in [6, 6.07) is 11.0. The monoisotopic (exact) mass is 373 g/mol. The van der Waals surface area contributed by atoms with Crippen molar-refractivity contribution in [3.8, 4) is 6.07 Å². The van der Waals surface area contributed by atoms with Gasteiger partial charge < -0.3 is 10.4 Å². The molecule has 0 bridgehead atoms. The normalized spacial score (nSPS) is 10.3. The third-order valence-electron chi connectivity index (χ3n) is 3.29. The highest BCUT2D eigenvalue weighted by Crippen LogP contribution is 2.21. The molecule has 6 heteroatoms. The van der Waals surface area contributed by atoms with Crippen molar-refractivity contribution in [3.63, 3.8) is 0 Å². The Morgan fingerprint density at radius 3 is 2.83 bits per heavy atom. The number of carbonyl (C=O) groups is 1. The van der Waals surface area contributed by atoms with Gasteiger partial charge in [0.05, 0.1) is 12.2 Å². The SMILES string of the molecule is N#Cc1c(Br)cccc1CC(=O)c1ccc(CNCCO)cn1. The third kappa shape index (κ3) is 4.70. The van der Waals surface area contributed by atoms with Crippen LogP contribution in [0.3, 0.4) is 0 Å². The highest BCUT2D eigenvalue weighted by atomic mass is 79.9. The molecule has 0 amide bonds. The predicted octanol–water partition coefficient (Wildman–Crippen LogP) is 2.22. The first-order valence-corrected chi connectivity index (χ1v) is 7.92. The van der Waals surface area contributed by atoms with Crippen LogP contribution in [0.4, 0.5) is 0 Å². The first kappa shape index (κ1) is 17.3. The smallest absolute Gasteiger partial charge is 0.185 e. The van der Waals surface area contributed by atoms with Gasteiger partial charge in [0.25, 0.3) is 0 Å². The van der Waals surface area contributed by atoms with Crippen LogP contribution in [0.2, 0.25) is 0 Å². The molecule has 118 valence electrons. The summed E-state index contributed by atoms with van der Waals surface area (Å²) in [4.78, 5) is 16.5. The first-order valence-electron chi connectivity index (χ1n) is 7.13. The van der Waals surface area contributed by atoms with Crippen LogP contribution in [0.1, 0.15) is 27.2 Å². The van der Waals surface area contributed by atoms with E-state index in [0.717, 1.165) is 5.56 Å². The van der Waals surface area contributed by atoms with Gasteiger partial charge in [-0.2, -0.15) is 5.26 Å². The Bertz CT molecular complexity index is 724. The van der Waals surface area contributed by atoms with Gasteiger partial charge in [-0.25, -0.2) is 0 Å². The molecule has 0 aliphatic carbocycles. The molecule has 5 nitrogen and oxygen atoms in total.